The van der Waals surface area contributed by atoms with Crippen LogP contribution >= 0.6 is 0 Å². The molecule has 342 valence electrons. The summed E-state index contributed by atoms with van der Waals surface area (Å²) >= 11 is 0. The van der Waals surface area contributed by atoms with E-state index in [0.717, 1.165) is 39.4 Å². The fourth-order valence-corrected chi connectivity index (χ4v) is 10.9. The second-order valence-electron chi connectivity index (χ2n) is 21.1. The molecule has 0 spiro atoms. The summed E-state index contributed by atoms with van der Waals surface area (Å²) in [5, 5.41) is 11.5. The Bertz CT molecular complexity index is 3420. The number of hydrazone groups is 1. The van der Waals surface area contributed by atoms with Gasteiger partial charge in [0.2, 0.25) is 11.7 Å². The summed E-state index contributed by atoms with van der Waals surface area (Å²) in [6.45, 7) is 13.6. The van der Waals surface area contributed by atoms with Crippen molar-refractivity contribution >= 4 is 86.8 Å². The molecule has 1 saturated carbocycles. The van der Waals surface area contributed by atoms with Crippen LogP contribution in [0.25, 0.3) is 0 Å². The quantitative estimate of drug-likeness (QED) is 0.122. The van der Waals surface area contributed by atoms with Gasteiger partial charge < -0.3 is 14.2 Å². The van der Waals surface area contributed by atoms with Crippen molar-refractivity contribution in [2.75, 3.05) is 9.80 Å². The van der Waals surface area contributed by atoms with Gasteiger partial charge in [0.05, 0.1) is 27.8 Å². The highest BCUT2D eigenvalue weighted by Crippen LogP contribution is 2.48. The highest BCUT2D eigenvalue weighted by atomic mass is 16.3. The predicted octanol–water partition coefficient (Wildman–Crippen LogP) is 11.6. The Balaban J connectivity index is 0.962. The zero-order valence-electron chi connectivity index (χ0n) is 40.3. The van der Waals surface area contributed by atoms with Gasteiger partial charge in [0, 0.05) is 50.1 Å². The number of hydrogen-bond donors (Lipinski definition) is 0. The van der Waals surface area contributed by atoms with Gasteiger partial charge in [-0.2, -0.15) is 20.0 Å². The van der Waals surface area contributed by atoms with Crippen molar-refractivity contribution < 1.29 is 9.33 Å². The lowest BCUT2D eigenvalue weighted by Gasteiger charge is -2.43. The maximum absolute atomic E-state index is 6.70. The topological polar surface area (TPSA) is 100 Å². The molecule has 7 aromatic rings. The van der Waals surface area contributed by atoms with Crippen LogP contribution in [0.3, 0.4) is 0 Å². The van der Waals surface area contributed by atoms with Gasteiger partial charge in [-0.05, 0) is 118 Å². The molecular weight excluding hydrogens is 864 g/mol. The summed E-state index contributed by atoms with van der Waals surface area (Å²) in [4.78, 5) is 26.2. The van der Waals surface area contributed by atoms with Crippen LogP contribution in [0.5, 0.6) is 0 Å². The van der Waals surface area contributed by atoms with Gasteiger partial charge in [-0.3, -0.25) is 0 Å². The lowest BCUT2D eigenvalue weighted by molar-refractivity contribution is -0.705. The monoisotopic (exact) mass is 915 g/mol. The summed E-state index contributed by atoms with van der Waals surface area (Å²) < 4.78 is 6.70. The average molecular weight is 916 g/mol. The van der Waals surface area contributed by atoms with Crippen LogP contribution in [0.15, 0.2) is 186 Å². The molecule has 12 heteroatoms. The minimum absolute atomic E-state index is 0.0346. The molecule has 0 atom stereocenters. The zero-order valence-corrected chi connectivity index (χ0v) is 40.3. The Morgan fingerprint density at radius 2 is 1.10 bits per heavy atom. The minimum Gasteiger partial charge on any atom is -0.476 e. The van der Waals surface area contributed by atoms with Gasteiger partial charge in [-0.25, -0.2) is 0 Å². The largest absolute Gasteiger partial charge is 0.476 e. The van der Waals surface area contributed by atoms with Crippen molar-refractivity contribution in [1.82, 2.24) is 5.01 Å². The smallest absolute Gasteiger partial charge is 0.302 e. The molecule has 0 saturated heterocycles. The first-order valence-electron chi connectivity index (χ1n) is 24.5. The number of nitrogens with zero attached hydrogens (tertiary/aromatic N) is 10. The van der Waals surface area contributed by atoms with Crippen LogP contribution in [0.4, 0.5) is 34.1 Å². The first-order chi connectivity index (χ1) is 33.9. The van der Waals surface area contributed by atoms with E-state index in [1.807, 2.05) is 66.9 Å². The van der Waals surface area contributed by atoms with Crippen molar-refractivity contribution in [3.8, 4) is 0 Å². The molecule has 13 rings (SSSR count). The van der Waals surface area contributed by atoms with Gasteiger partial charge in [0.25, 0.3) is 6.71 Å². The highest BCUT2D eigenvalue weighted by molar-refractivity contribution is 6.99. The summed E-state index contributed by atoms with van der Waals surface area (Å²) in [6, 6.07) is 51.8. The fraction of sp³-hybridized carbons (Fsp3) is 0.224. The summed E-state index contributed by atoms with van der Waals surface area (Å²) in [5.74, 6) is 2.72. The number of hydrazine groups is 1. The molecule has 6 aromatic carbocycles. The van der Waals surface area contributed by atoms with Crippen molar-refractivity contribution in [1.29, 1.82) is 0 Å². The SMILES string of the molecule is CC(C)(C)c1ccc(N2c3ccc(C(C)(C)C)cc3B3c4occc4N(c4ccc(C5=N[N+]6=NC(c7ccccc7)=NC7=NC(c8ccccc8)=NC(=N5)N76)cc4)c4cc(C5CCCC5)cc2c43)cc1. The Hall–Kier alpha value is -7.99. The molecule has 6 aliphatic rings. The molecule has 1 aromatic heterocycles. The Kier molecular flexibility index (Phi) is 9.50. The number of guanidine groups is 2. The van der Waals surface area contributed by atoms with Gasteiger partial charge >= 0.3 is 11.9 Å². The minimum atomic E-state index is -0.108. The van der Waals surface area contributed by atoms with E-state index in [2.05, 4.69) is 136 Å². The third kappa shape index (κ3) is 6.90. The van der Waals surface area contributed by atoms with Gasteiger partial charge in [-0.1, -0.05) is 139 Å². The fourth-order valence-electron chi connectivity index (χ4n) is 10.9. The third-order valence-corrected chi connectivity index (χ3v) is 14.6. The molecule has 1 fully saturated rings. The van der Waals surface area contributed by atoms with E-state index in [1.54, 1.807) is 5.01 Å². The average Bonchev–Trinajstić information content (AvgIpc) is 4.10. The van der Waals surface area contributed by atoms with Gasteiger partial charge in [0.15, 0.2) is 10.8 Å². The van der Waals surface area contributed by atoms with Gasteiger partial charge in [0.1, 0.15) is 0 Å². The van der Waals surface area contributed by atoms with Crippen LogP contribution in [-0.2, 0) is 10.8 Å². The highest BCUT2D eigenvalue weighted by Gasteiger charge is 2.47. The maximum Gasteiger partial charge on any atom is 0.302 e. The first kappa shape index (κ1) is 42.1. The lowest BCUT2D eigenvalue weighted by atomic mass is 9.35. The molecule has 11 nitrogen and oxygen atoms in total. The zero-order chi connectivity index (χ0) is 47.5. The van der Waals surface area contributed by atoms with Crippen LogP contribution in [0.2, 0.25) is 0 Å². The number of amidine groups is 3. The van der Waals surface area contributed by atoms with Crippen LogP contribution in [0, 0.1) is 0 Å². The van der Waals surface area contributed by atoms with Crippen molar-refractivity contribution in [3.05, 3.63) is 185 Å². The first-order valence-corrected chi connectivity index (χ1v) is 24.5. The molecule has 6 heterocycles. The van der Waals surface area contributed by atoms with Gasteiger partial charge in [-0.15, -0.1) is 0 Å². The number of hydrogen-bond acceptors (Lipinski definition) is 10. The van der Waals surface area contributed by atoms with Crippen LogP contribution < -0.4 is 26.4 Å². The maximum atomic E-state index is 6.70. The number of fused-ring (bicyclic) bond motifs is 4. The van der Waals surface area contributed by atoms with E-state index in [9.17, 15) is 0 Å². The van der Waals surface area contributed by atoms with Crippen LogP contribution in [-0.4, -0.2) is 46.1 Å². The predicted molar refractivity (Wildman–Crippen MR) is 283 cm³/mol. The summed E-state index contributed by atoms with van der Waals surface area (Å²) in [5.41, 5.74) is 16.7. The molecular formula is C58H52BN10O+. The van der Waals surface area contributed by atoms with E-state index >= 15 is 0 Å². The Morgan fingerprint density at radius 1 is 0.543 bits per heavy atom. The second kappa shape index (κ2) is 15.8. The van der Waals surface area contributed by atoms with Crippen LogP contribution in [0.1, 0.15) is 107 Å². The van der Waals surface area contributed by atoms with E-state index in [0.29, 0.717) is 35.3 Å². The van der Waals surface area contributed by atoms with Crippen molar-refractivity contribution in [2.45, 2.75) is 84.0 Å². The number of benzene rings is 6. The third-order valence-electron chi connectivity index (χ3n) is 14.6. The Morgan fingerprint density at radius 3 is 1.74 bits per heavy atom. The number of furan rings is 1. The summed E-state index contributed by atoms with van der Waals surface area (Å²) in [6.07, 6.45) is 6.73. The number of anilines is 6. The molecule has 0 unspecified atom stereocenters. The second-order valence-corrected chi connectivity index (χ2v) is 21.1. The molecule has 0 amide bonds. The summed E-state index contributed by atoms with van der Waals surface area (Å²) in [7, 11) is 0. The van der Waals surface area contributed by atoms with Crippen molar-refractivity contribution in [3.63, 3.8) is 0 Å². The standard InChI is InChI=1S/C58H52BN10O/c1-57(2,3)41-23-28-44(29-24-41)66-46-30-25-42(58(4,5)6)35-45(46)59-50-48(66)33-40(36-15-13-14-16-36)34-49(50)67(47-31-32-70-51(47)59)43-26-21-39(22-27-43)54-63-56-61-52(37-17-9-7-10-18-37)60-55-62-53(38-19-11-8-12-20-38)64-69(65-54)68(55)56/h7-12,17-36H,13-16H2,1-6H3/q+1. The normalized spacial score (nSPS) is 17.1. The molecule has 0 bridgehead atoms. The number of aliphatic imine (C=N–C) groups is 4. The number of rotatable bonds is 6. The molecule has 70 heavy (non-hydrogen) atoms. The molecule has 1 aliphatic carbocycles. The molecule has 0 N–H and O–H groups in total. The Labute approximate surface area is 408 Å². The van der Waals surface area contributed by atoms with E-state index in [4.69, 9.17) is 34.6 Å². The molecule has 0 radical (unpaired) electrons. The lowest BCUT2D eigenvalue weighted by Crippen LogP contribution is -2.61. The van der Waals surface area contributed by atoms with E-state index < -0.39 is 0 Å². The van der Waals surface area contributed by atoms with E-state index in [1.165, 1.54) is 75.3 Å². The van der Waals surface area contributed by atoms with E-state index in [-0.39, 0.29) is 17.5 Å². The van der Waals surface area contributed by atoms with Crippen molar-refractivity contribution in [2.24, 2.45) is 30.2 Å². The molecule has 5 aliphatic heterocycles.